The fraction of sp³-hybridized carbons (Fsp3) is 0.263. The van der Waals surface area contributed by atoms with Crippen molar-refractivity contribution in [1.29, 1.82) is 0 Å². The Bertz CT molecular complexity index is 761. The van der Waals surface area contributed by atoms with Crippen LogP contribution in [0.1, 0.15) is 24.1 Å². The molecule has 2 N–H and O–H groups in total. The van der Waals surface area contributed by atoms with Crippen molar-refractivity contribution in [3.63, 3.8) is 0 Å². The van der Waals surface area contributed by atoms with E-state index in [9.17, 15) is 4.79 Å². The van der Waals surface area contributed by atoms with E-state index in [1.54, 1.807) is 11.1 Å². The molecule has 1 aliphatic carbocycles. The summed E-state index contributed by atoms with van der Waals surface area (Å²) in [6.07, 6.45) is 3.71. The van der Waals surface area contributed by atoms with Gasteiger partial charge in [-0.15, -0.1) is 0 Å². The highest BCUT2D eigenvalue weighted by molar-refractivity contribution is 5.90. The van der Waals surface area contributed by atoms with Gasteiger partial charge < -0.3 is 15.3 Å². The van der Waals surface area contributed by atoms with E-state index in [-0.39, 0.29) is 18.7 Å². The molecule has 122 valence electrons. The summed E-state index contributed by atoms with van der Waals surface area (Å²) in [5.41, 5.74) is 2.20. The number of aliphatic hydroxyl groups excluding tert-OH is 1. The van der Waals surface area contributed by atoms with Crippen LogP contribution in [-0.4, -0.2) is 40.2 Å². The van der Waals surface area contributed by atoms with Crippen LogP contribution in [0.5, 0.6) is 0 Å². The zero-order chi connectivity index (χ0) is 16.8. The Morgan fingerprint density at radius 1 is 1.25 bits per heavy atom. The average molecular weight is 321 g/mol. The van der Waals surface area contributed by atoms with Crippen LogP contribution in [0, 0.1) is 11.8 Å². The molecule has 0 radical (unpaired) electrons. The smallest absolute Gasteiger partial charge is 0.322 e. The summed E-state index contributed by atoms with van der Waals surface area (Å²) in [6, 6.07) is 13.1. The van der Waals surface area contributed by atoms with Crippen LogP contribution in [0.15, 0.2) is 48.7 Å². The summed E-state index contributed by atoms with van der Waals surface area (Å²) >= 11 is 0. The normalized spacial score (nSPS) is 12.9. The molecule has 1 aliphatic rings. The number of amides is 2. The molecule has 1 heterocycles. The summed E-state index contributed by atoms with van der Waals surface area (Å²) < 4.78 is 0. The van der Waals surface area contributed by atoms with Gasteiger partial charge in [0, 0.05) is 30.0 Å². The van der Waals surface area contributed by atoms with Crippen molar-refractivity contribution in [3.8, 4) is 11.8 Å². The third-order valence-corrected chi connectivity index (χ3v) is 3.70. The minimum atomic E-state index is -0.179. The molecular weight excluding hydrogens is 302 g/mol. The van der Waals surface area contributed by atoms with Gasteiger partial charge in [0.1, 0.15) is 5.69 Å². The van der Waals surface area contributed by atoms with Gasteiger partial charge in [-0.3, -0.25) is 0 Å². The lowest BCUT2D eigenvalue weighted by atomic mass is 10.2. The molecule has 0 unspecified atom stereocenters. The fourth-order valence-electron chi connectivity index (χ4n) is 2.39. The first-order valence-corrected chi connectivity index (χ1v) is 7.98. The number of carbonyl (C=O) groups excluding carboxylic acids is 1. The number of aliphatic hydroxyl groups is 1. The zero-order valence-corrected chi connectivity index (χ0v) is 13.3. The van der Waals surface area contributed by atoms with Crippen molar-refractivity contribution >= 4 is 11.7 Å². The number of urea groups is 1. The molecule has 1 fully saturated rings. The zero-order valence-electron chi connectivity index (χ0n) is 13.3. The molecule has 0 atom stereocenters. The Kier molecular flexibility index (Phi) is 5.09. The molecule has 0 aliphatic heterocycles. The van der Waals surface area contributed by atoms with Crippen LogP contribution in [0.3, 0.4) is 0 Å². The van der Waals surface area contributed by atoms with Gasteiger partial charge in [0.2, 0.25) is 0 Å². The molecule has 5 heteroatoms. The van der Waals surface area contributed by atoms with Gasteiger partial charge in [-0.25, -0.2) is 9.78 Å². The van der Waals surface area contributed by atoms with E-state index in [0.29, 0.717) is 17.9 Å². The molecule has 3 rings (SSSR count). The summed E-state index contributed by atoms with van der Waals surface area (Å²) in [4.78, 5) is 18.2. The molecule has 1 aromatic carbocycles. The number of aromatic nitrogens is 1. The number of pyridine rings is 1. The van der Waals surface area contributed by atoms with Gasteiger partial charge >= 0.3 is 6.03 Å². The third-order valence-electron chi connectivity index (χ3n) is 3.70. The van der Waals surface area contributed by atoms with Crippen LogP contribution in [0.2, 0.25) is 0 Å². The fourth-order valence-corrected chi connectivity index (χ4v) is 2.39. The summed E-state index contributed by atoms with van der Waals surface area (Å²) in [7, 11) is 0. The first kappa shape index (κ1) is 16.0. The number of rotatable bonds is 4. The first-order valence-electron chi connectivity index (χ1n) is 7.98. The maximum absolute atomic E-state index is 12.3. The SMILES string of the molecule is O=C(Nc1cccc(C#Cc2ccccn2)c1)N(CCO)C1CC1. The number of benzene rings is 1. The van der Waals surface area contributed by atoms with Gasteiger partial charge in [-0.05, 0) is 49.1 Å². The van der Waals surface area contributed by atoms with Gasteiger partial charge in [0.25, 0.3) is 0 Å². The van der Waals surface area contributed by atoms with Crippen LogP contribution in [0.25, 0.3) is 0 Å². The van der Waals surface area contributed by atoms with Crippen molar-refractivity contribution < 1.29 is 9.90 Å². The van der Waals surface area contributed by atoms with Crippen LogP contribution in [-0.2, 0) is 0 Å². The number of nitrogens with one attached hydrogen (secondary N) is 1. The lowest BCUT2D eigenvalue weighted by molar-refractivity contribution is 0.185. The average Bonchev–Trinajstić information content (AvgIpc) is 3.44. The Morgan fingerprint density at radius 2 is 2.12 bits per heavy atom. The van der Waals surface area contributed by atoms with Crippen molar-refractivity contribution in [2.45, 2.75) is 18.9 Å². The maximum Gasteiger partial charge on any atom is 0.322 e. The number of anilines is 1. The predicted octanol–water partition coefficient (Wildman–Crippen LogP) is 2.47. The van der Waals surface area contributed by atoms with Crippen molar-refractivity contribution in [1.82, 2.24) is 9.88 Å². The maximum atomic E-state index is 12.3. The molecule has 0 spiro atoms. The van der Waals surface area contributed by atoms with E-state index in [1.165, 1.54) is 0 Å². The predicted molar refractivity (Wildman–Crippen MR) is 92.5 cm³/mol. The highest BCUT2D eigenvalue weighted by Crippen LogP contribution is 2.27. The van der Waals surface area contributed by atoms with Crippen LogP contribution in [0.4, 0.5) is 10.5 Å². The highest BCUT2D eigenvalue weighted by atomic mass is 16.3. The largest absolute Gasteiger partial charge is 0.395 e. The molecule has 24 heavy (non-hydrogen) atoms. The molecule has 2 amide bonds. The van der Waals surface area contributed by atoms with Crippen molar-refractivity contribution in [2.75, 3.05) is 18.5 Å². The topological polar surface area (TPSA) is 65.5 Å². The standard InChI is InChI=1S/C19H19N3O2/c23-13-12-22(18-9-10-18)19(24)21-17-6-3-4-15(14-17)7-8-16-5-1-2-11-20-16/h1-6,11,14,18,23H,9-10,12-13H2,(H,21,24). The second-order valence-electron chi connectivity index (χ2n) is 5.62. The van der Waals surface area contributed by atoms with Gasteiger partial charge in [0.05, 0.1) is 6.61 Å². The number of carbonyl (C=O) groups is 1. The lowest BCUT2D eigenvalue weighted by Crippen LogP contribution is -2.38. The van der Waals surface area contributed by atoms with E-state index in [2.05, 4.69) is 22.1 Å². The van der Waals surface area contributed by atoms with E-state index in [4.69, 9.17) is 5.11 Å². The summed E-state index contributed by atoms with van der Waals surface area (Å²) in [6.45, 7) is 0.329. The number of hydrogen-bond donors (Lipinski definition) is 2. The van der Waals surface area contributed by atoms with Gasteiger partial charge in [-0.1, -0.05) is 18.1 Å². The van der Waals surface area contributed by atoms with Gasteiger partial charge in [0.15, 0.2) is 0 Å². The minimum absolute atomic E-state index is 0.0283. The third kappa shape index (κ3) is 4.34. The van der Waals surface area contributed by atoms with E-state index in [0.717, 1.165) is 18.4 Å². The molecule has 1 aromatic heterocycles. The molecular formula is C19H19N3O2. The Balaban J connectivity index is 1.69. The van der Waals surface area contributed by atoms with E-state index in [1.807, 2.05) is 42.5 Å². The van der Waals surface area contributed by atoms with Crippen LogP contribution >= 0.6 is 0 Å². The Morgan fingerprint density at radius 3 is 2.83 bits per heavy atom. The second kappa shape index (κ2) is 7.62. The Hall–Kier alpha value is -2.84. The van der Waals surface area contributed by atoms with Gasteiger partial charge in [-0.2, -0.15) is 0 Å². The Labute approximate surface area is 141 Å². The summed E-state index contributed by atoms with van der Waals surface area (Å²) in [5, 5.41) is 12.0. The molecule has 2 aromatic rings. The molecule has 0 saturated heterocycles. The summed E-state index contributed by atoms with van der Waals surface area (Å²) in [5.74, 6) is 6.04. The lowest BCUT2D eigenvalue weighted by Gasteiger charge is -2.21. The minimum Gasteiger partial charge on any atom is -0.395 e. The van der Waals surface area contributed by atoms with E-state index >= 15 is 0 Å². The number of hydrogen-bond acceptors (Lipinski definition) is 3. The first-order chi connectivity index (χ1) is 11.8. The van der Waals surface area contributed by atoms with Crippen molar-refractivity contribution in [3.05, 3.63) is 59.9 Å². The quantitative estimate of drug-likeness (QED) is 0.850. The van der Waals surface area contributed by atoms with E-state index < -0.39 is 0 Å². The molecule has 0 bridgehead atoms. The molecule has 5 nitrogen and oxygen atoms in total. The second-order valence-corrected chi connectivity index (χ2v) is 5.62. The highest BCUT2D eigenvalue weighted by Gasteiger charge is 2.32. The monoisotopic (exact) mass is 321 g/mol. The number of nitrogens with zero attached hydrogens (tertiary/aromatic N) is 2. The van der Waals surface area contributed by atoms with Crippen molar-refractivity contribution in [2.24, 2.45) is 0 Å². The van der Waals surface area contributed by atoms with Crippen LogP contribution < -0.4 is 5.32 Å². The molecule has 1 saturated carbocycles.